The van der Waals surface area contributed by atoms with E-state index in [0.29, 0.717) is 30.2 Å². The molecule has 7 nitrogen and oxygen atoms in total. The zero-order valence-electron chi connectivity index (χ0n) is 20.0. The number of nitrogens with one attached hydrogen (secondary N) is 1. The highest BCUT2D eigenvalue weighted by atomic mass is 16.5. The van der Waals surface area contributed by atoms with Crippen molar-refractivity contribution in [3.05, 3.63) is 65.5 Å². The highest BCUT2D eigenvalue weighted by Gasteiger charge is 2.23. The average Bonchev–Trinajstić information content (AvgIpc) is 3.25. The number of piperidine rings is 1. The number of carbonyl (C=O) groups excluding carboxylic acids is 2. The van der Waals surface area contributed by atoms with E-state index < -0.39 is 0 Å². The van der Waals surface area contributed by atoms with E-state index in [1.54, 1.807) is 31.4 Å². The molecule has 178 valence electrons. The second-order valence-corrected chi connectivity index (χ2v) is 8.32. The van der Waals surface area contributed by atoms with E-state index >= 15 is 0 Å². The van der Waals surface area contributed by atoms with E-state index in [0.717, 1.165) is 42.3 Å². The van der Waals surface area contributed by atoms with Gasteiger partial charge in [0.2, 0.25) is 0 Å². The third kappa shape index (κ3) is 4.78. The lowest BCUT2D eigenvalue weighted by atomic mass is 10.1. The Kier molecular flexibility index (Phi) is 7.21. The molecule has 1 saturated heterocycles. The number of hydrogen-bond acceptors (Lipinski definition) is 4. The van der Waals surface area contributed by atoms with Gasteiger partial charge >= 0.3 is 0 Å². The molecule has 0 spiro atoms. The standard InChI is InChI=1S/C27H31N3O4/c1-4-29-18-20(21-10-6-7-11-23(21)29)16-22(27(32)30-14-8-5-9-15-30)28-26(31)19-12-13-24(33-2)25(17-19)34-3/h6-7,10-13,16-18H,4-5,8-9,14-15H2,1-3H3,(H,28,31)/b22-16-. The Bertz CT molecular complexity index is 1220. The van der Waals surface area contributed by atoms with Gasteiger partial charge in [-0.3, -0.25) is 9.59 Å². The van der Waals surface area contributed by atoms with Gasteiger partial charge in [-0.2, -0.15) is 0 Å². The molecular formula is C27H31N3O4. The molecule has 0 atom stereocenters. The molecule has 1 fully saturated rings. The van der Waals surface area contributed by atoms with Crippen molar-refractivity contribution in [1.82, 2.24) is 14.8 Å². The van der Waals surface area contributed by atoms with Crippen LogP contribution in [0, 0.1) is 0 Å². The van der Waals surface area contributed by atoms with Crippen molar-refractivity contribution in [2.24, 2.45) is 0 Å². The van der Waals surface area contributed by atoms with Crippen molar-refractivity contribution in [2.45, 2.75) is 32.7 Å². The number of likely N-dealkylation sites (tertiary alicyclic amines) is 1. The largest absolute Gasteiger partial charge is 0.493 e. The van der Waals surface area contributed by atoms with Gasteiger partial charge in [0, 0.05) is 47.9 Å². The Labute approximate surface area is 199 Å². The number of fused-ring (bicyclic) bond motifs is 1. The van der Waals surface area contributed by atoms with Gasteiger partial charge in [-0.15, -0.1) is 0 Å². The number of carbonyl (C=O) groups is 2. The van der Waals surface area contributed by atoms with Crippen molar-refractivity contribution in [1.29, 1.82) is 0 Å². The van der Waals surface area contributed by atoms with E-state index in [2.05, 4.69) is 22.9 Å². The van der Waals surface area contributed by atoms with Gasteiger partial charge in [0.25, 0.3) is 11.8 Å². The van der Waals surface area contributed by atoms with Gasteiger partial charge in [-0.25, -0.2) is 0 Å². The summed E-state index contributed by atoms with van der Waals surface area (Å²) in [6, 6.07) is 13.0. The number of rotatable bonds is 7. The van der Waals surface area contributed by atoms with Crippen LogP contribution in [0.3, 0.4) is 0 Å². The second kappa shape index (κ2) is 10.5. The number of amides is 2. The summed E-state index contributed by atoms with van der Waals surface area (Å²) in [7, 11) is 3.07. The quantitative estimate of drug-likeness (QED) is 0.527. The van der Waals surface area contributed by atoms with E-state index in [1.807, 2.05) is 29.3 Å². The molecule has 1 aromatic heterocycles. The lowest BCUT2D eigenvalue weighted by Gasteiger charge is -2.27. The number of aromatic nitrogens is 1. The molecule has 0 bridgehead atoms. The summed E-state index contributed by atoms with van der Waals surface area (Å²) < 4.78 is 12.7. The summed E-state index contributed by atoms with van der Waals surface area (Å²) in [5, 5.41) is 3.92. The molecule has 0 unspecified atom stereocenters. The Morgan fingerprint density at radius 2 is 1.74 bits per heavy atom. The number of ether oxygens (including phenoxy) is 2. The minimum Gasteiger partial charge on any atom is -0.493 e. The minimum absolute atomic E-state index is 0.165. The van der Waals surface area contributed by atoms with Crippen LogP contribution < -0.4 is 14.8 Å². The minimum atomic E-state index is -0.378. The number of para-hydroxylation sites is 1. The maximum atomic E-state index is 13.5. The summed E-state index contributed by atoms with van der Waals surface area (Å²) in [5.74, 6) is 0.444. The molecule has 2 aromatic carbocycles. The fourth-order valence-electron chi connectivity index (χ4n) is 4.40. The highest BCUT2D eigenvalue weighted by molar-refractivity contribution is 6.06. The summed E-state index contributed by atoms with van der Waals surface area (Å²) in [6.07, 6.45) is 6.88. The first-order valence-electron chi connectivity index (χ1n) is 11.7. The predicted octanol–water partition coefficient (Wildman–Crippen LogP) is 4.46. The first kappa shape index (κ1) is 23.4. The van der Waals surface area contributed by atoms with Crippen LogP contribution in [-0.4, -0.2) is 48.6 Å². The molecular weight excluding hydrogens is 430 g/mol. The monoisotopic (exact) mass is 461 g/mol. The normalized spacial score (nSPS) is 14.2. The maximum Gasteiger partial charge on any atom is 0.270 e. The van der Waals surface area contributed by atoms with Crippen LogP contribution in [0.25, 0.3) is 17.0 Å². The molecule has 0 saturated carbocycles. The number of hydrogen-bond donors (Lipinski definition) is 1. The van der Waals surface area contributed by atoms with Crippen molar-refractivity contribution in [3.8, 4) is 11.5 Å². The van der Waals surface area contributed by atoms with Crippen LogP contribution in [0.2, 0.25) is 0 Å². The molecule has 34 heavy (non-hydrogen) atoms. The van der Waals surface area contributed by atoms with Gasteiger partial charge < -0.3 is 24.3 Å². The highest BCUT2D eigenvalue weighted by Crippen LogP contribution is 2.28. The van der Waals surface area contributed by atoms with Crippen molar-refractivity contribution >= 4 is 28.8 Å². The zero-order chi connectivity index (χ0) is 24.1. The molecule has 0 radical (unpaired) electrons. The maximum absolute atomic E-state index is 13.5. The van der Waals surface area contributed by atoms with Gasteiger partial charge in [-0.05, 0) is 56.5 Å². The fourth-order valence-corrected chi connectivity index (χ4v) is 4.40. The Balaban J connectivity index is 1.72. The Morgan fingerprint density at radius 3 is 2.44 bits per heavy atom. The summed E-state index contributed by atoms with van der Waals surface area (Å²) >= 11 is 0. The lowest BCUT2D eigenvalue weighted by Crippen LogP contribution is -2.41. The molecule has 1 N–H and O–H groups in total. The molecule has 3 aromatic rings. The molecule has 2 heterocycles. The Morgan fingerprint density at radius 1 is 1.00 bits per heavy atom. The molecule has 2 amide bonds. The van der Waals surface area contributed by atoms with Crippen LogP contribution in [-0.2, 0) is 11.3 Å². The summed E-state index contributed by atoms with van der Waals surface area (Å²) in [6.45, 7) is 4.28. The van der Waals surface area contributed by atoms with Crippen LogP contribution in [0.5, 0.6) is 11.5 Å². The van der Waals surface area contributed by atoms with Crippen LogP contribution >= 0.6 is 0 Å². The number of methoxy groups -OCH3 is 2. The van der Waals surface area contributed by atoms with E-state index in [9.17, 15) is 9.59 Å². The fraction of sp³-hybridized carbons (Fsp3) is 0.333. The van der Waals surface area contributed by atoms with E-state index in [1.165, 1.54) is 7.11 Å². The van der Waals surface area contributed by atoms with Crippen LogP contribution in [0.4, 0.5) is 0 Å². The third-order valence-corrected chi connectivity index (χ3v) is 6.23. The molecule has 7 heteroatoms. The van der Waals surface area contributed by atoms with E-state index in [4.69, 9.17) is 9.47 Å². The van der Waals surface area contributed by atoms with Crippen molar-refractivity contribution in [3.63, 3.8) is 0 Å². The van der Waals surface area contributed by atoms with Gasteiger partial charge in [0.15, 0.2) is 11.5 Å². The molecule has 1 aliphatic heterocycles. The second-order valence-electron chi connectivity index (χ2n) is 8.32. The van der Waals surface area contributed by atoms with Crippen molar-refractivity contribution in [2.75, 3.05) is 27.3 Å². The molecule has 0 aliphatic carbocycles. The summed E-state index contributed by atoms with van der Waals surface area (Å²) in [5.41, 5.74) is 2.63. The van der Waals surface area contributed by atoms with Gasteiger partial charge in [-0.1, -0.05) is 18.2 Å². The zero-order valence-corrected chi connectivity index (χ0v) is 20.0. The van der Waals surface area contributed by atoms with Crippen LogP contribution in [0.15, 0.2) is 54.4 Å². The lowest BCUT2D eigenvalue weighted by molar-refractivity contribution is -0.128. The number of nitrogens with zero attached hydrogens (tertiary/aromatic N) is 2. The van der Waals surface area contributed by atoms with E-state index in [-0.39, 0.29) is 17.5 Å². The first-order chi connectivity index (χ1) is 16.5. The molecule has 4 rings (SSSR count). The first-order valence-corrected chi connectivity index (χ1v) is 11.7. The van der Waals surface area contributed by atoms with Gasteiger partial charge in [0.05, 0.1) is 14.2 Å². The SMILES string of the molecule is CCn1cc(/C=C(\NC(=O)c2ccc(OC)c(OC)c2)C(=O)N2CCCCC2)c2ccccc21. The molecule has 1 aliphatic rings. The number of aryl methyl sites for hydroxylation is 1. The summed E-state index contributed by atoms with van der Waals surface area (Å²) in [4.78, 5) is 28.5. The Hall–Kier alpha value is -3.74. The van der Waals surface area contributed by atoms with Gasteiger partial charge in [0.1, 0.15) is 5.70 Å². The third-order valence-electron chi connectivity index (χ3n) is 6.23. The average molecular weight is 462 g/mol. The predicted molar refractivity (Wildman–Crippen MR) is 133 cm³/mol. The van der Waals surface area contributed by atoms with Crippen LogP contribution in [0.1, 0.15) is 42.1 Å². The smallest absolute Gasteiger partial charge is 0.270 e. The van der Waals surface area contributed by atoms with Crippen molar-refractivity contribution < 1.29 is 19.1 Å². The number of benzene rings is 2. The topological polar surface area (TPSA) is 72.8 Å².